The molecule has 0 amide bonds. The van der Waals surface area contributed by atoms with Gasteiger partial charge in [0.2, 0.25) is 0 Å². The first-order valence-electron chi connectivity index (χ1n) is 7.58. The smallest absolute Gasteiger partial charge is 0.303 e. The number of ketones is 1. The van der Waals surface area contributed by atoms with Crippen molar-refractivity contribution in [2.45, 2.75) is 77.6 Å². The molecule has 1 heterocycles. The van der Waals surface area contributed by atoms with E-state index in [0.717, 1.165) is 12.8 Å². The average molecular weight is 282 g/mol. The first-order chi connectivity index (χ1) is 9.18. The van der Waals surface area contributed by atoms with E-state index in [-0.39, 0.29) is 40.9 Å². The standard InChI is InChI=1S/C16H26O4/c1-10(2)13(18)7-9-15(4)12-6-8-16(5,20-15)14(12)19-11(3)17/h10,12,14H,6-9H2,1-5H3/t12-,14+,15+,16+/m0/s1. The number of carbonyl (C=O) groups is 2. The minimum absolute atomic E-state index is 0.0667. The number of fused-ring (bicyclic) bond motifs is 2. The lowest BCUT2D eigenvalue weighted by Crippen LogP contribution is -2.39. The van der Waals surface area contributed by atoms with E-state index < -0.39 is 0 Å². The Morgan fingerprint density at radius 2 is 2.00 bits per heavy atom. The zero-order valence-corrected chi connectivity index (χ0v) is 13.2. The van der Waals surface area contributed by atoms with Crippen molar-refractivity contribution in [2.24, 2.45) is 11.8 Å². The third-order valence-corrected chi connectivity index (χ3v) is 4.97. The van der Waals surface area contributed by atoms with Crippen LogP contribution in [0.4, 0.5) is 0 Å². The molecule has 0 unspecified atom stereocenters. The highest BCUT2D eigenvalue weighted by Crippen LogP contribution is 2.56. The molecule has 2 bridgehead atoms. The normalized spacial score (nSPS) is 39.3. The van der Waals surface area contributed by atoms with Gasteiger partial charge in [0.15, 0.2) is 0 Å². The fraction of sp³-hybridized carbons (Fsp3) is 0.875. The van der Waals surface area contributed by atoms with Gasteiger partial charge >= 0.3 is 5.97 Å². The van der Waals surface area contributed by atoms with Crippen molar-refractivity contribution in [1.29, 1.82) is 0 Å². The molecule has 0 radical (unpaired) electrons. The lowest BCUT2D eigenvalue weighted by molar-refractivity contribution is -0.159. The predicted molar refractivity (Wildman–Crippen MR) is 75.3 cm³/mol. The molecule has 0 N–H and O–H groups in total. The average Bonchev–Trinajstić information content (AvgIpc) is 2.73. The summed E-state index contributed by atoms with van der Waals surface area (Å²) >= 11 is 0. The zero-order valence-electron chi connectivity index (χ0n) is 13.2. The summed E-state index contributed by atoms with van der Waals surface area (Å²) in [5.74, 6) is 0.291. The molecule has 2 aliphatic rings. The first-order valence-corrected chi connectivity index (χ1v) is 7.58. The minimum atomic E-state index is -0.383. The van der Waals surface area contributed by atoms with Crippen LogP contribution >= 0.6 is 0 Å². The summed E-state index contributed by atoms with van der Waals surface area (Å²) in [6.45, 7) is 9.38. The predicted octanol–water partition coefficient (Wildman–Crippen LogP) is 2.88. The fourth-order valence-corrected chi connectivity index (χ4v) is 3.79. The van der Waals surface area contributed by atoms with Crippen LogP contribution in [0.3, 0.4) is 0 Å². The van der Waals surface area contributed by atoms with Gasteiger partial charge in [-0.05, 0) is 33.1 Å². The second-order valence-corrected chi connectivity index (χ2v) is 7.02. The molecule has 1 aliphatic carbocycles. The van der Waals surface area contributed by atoms with Crippen molar-refractivity contribution in [3.8, 4) is 0 Å². The maximum absolute atomic E-state index is 11.8. The maximum Gasteiger partial charge on any atom is 0.303 e. The molecule has 20 heavy (non-hydrogen) atoms. The van der Waals surface area contributed by atoms with Crippen LogP contribution in [0.5, 0.6) is 0 Å². The van der Waals surface area contributed by atoms with Gasteiger partial charge in [-0.1, -0.05) is 13.8 Å². The van der Waals surface area contributed by atoms with Crippen molar-refractivity contribution in [1.82, 2.24) is 0 Å². The van der Waals surface area contributed by atoms with Crippen LogP contribution < -0.4 is 0 Å². The Bertz CT molecular complexity index is 417. The number of ether oxygens (including phenoxy) is 2. The fourth-order valence-electron chi connectivity index (χ4n) is 3.79. The second-order valence-electron chi connectivity index (χ2n) is 7.02. The first kappa shape index (κ1) is 15.5. The minimum Gasteiger partial charge on any atom is -0.459 e. The number of hydrogen-bond acceptors (Lipinski definition) is 4. The van der Waals surface area contributed by atoms with Gasteiger partial charge < -0.3 is 9.47 Å². The molecule has 2 rings (SSSR count). The highest BCUT2D eigenvalue weighted by Gasteiger charge is 2.64. The van der Waals surface area contributed by atoms with Crippen LogP contribution in [0.15, 0.2) is 0 Å². The molecule has 114 valence electrons. The number of esters is 1. The lowest BCUT2D eigenvalue weighted by atomic mass is 9.82. The zero-order chi connectivity index (χ0) is 15.1. The van der Waals surface area contributed by atoms with Gasteiger partial charge in [-0.2, -0.15) is 0 Å². The SMILES string of the molecule is CC(=O)O[C@@H]1[C@@H]2CC[C@@]1(C)O[C@]2(C)CCC(=O)C(C)C. The molecule has 4 heteroatoms. The van der Waals surface area contributed by atoms with E-state index in [1.165, 1.54) is 6.92 Å². The van der Waals surface area contributed by atoms with Crippen LogP contribution in [0.2, 0.25) is 0 Å². The molecule has 0 spiro atoms. The van der Waals surface area contributed by atoms with Crippen molar-refractivity contribution < 1.29 is 19.1 Å². The lowest BCUT2D eigenvalue weighted by Gasteiger charge is -2.36. The van der Waals surface area contributed by atoms with Crippen LogP contribution in [-0.2, 0) is 19.1 Å². The Kier molecular flexibility index (Phi) is 3.98. The van der Waals surface area contributed by atoms with E-state index in [4.69, 9.17) is 9.47 Å². The van der Waals surface area contributed by atoms with Crippen LogP contribution in [0.1, 0.15) is 60.3 Å². The summed E-state index contributed by atoms with van der Waals surface area (Å²) in [6.07, 6.45) is 3.00. The largest absolute Gasteiger partial charge is 0.459 e. The van der Waals surface area contributed by atoms with Gasteiger partial charge in [0.25, 0.3) is 0 Å². The van der Waals surface area contributed by atoms with E-state index in [0.29, 0.717) is 12.8 Å². The van der Waals surface area contributed by atoms with Crippen molar-refractivity contribution >= 4 is 11.8 Å². The number of hydrogen-bond donors (Lipinski definition) is 0. The molecule has 4 atom stereocenters. The van der Waals surface area contributed by atoms with Crippen molar-refractivity contribution in [3.05, 3.63) is 0 Å². The molecular weight excluding hydrogens is 256 g/mol. The van der Waals surface area contributed by atoms with Gasteiger partial charge in [0.05, 0.1) is 5.60 Å². The van der Waals surface area contributed by atoms with Gasteiger partial charge in [0, 0.05) is 25.2 Å². The molecular formula is C16H26O4. The van der Waals surface area contributed by atoms with Gasteiger partial charge in [0.1, 0.15) is 17.5 Å². The quantitative estimate of drug-likeness (QED) is 0.728. The summed E-state index contributed by atoms with van der Waals surface area (Å²) in [5.41, 5.74) is -0.733. The Morgan fingerprint density at radius 3 is 2.55 bits per heavy atom. The highest BCUT2D eigenvalue weighted by atomic mass is 16.6. The number of rotatable bonds is 5. The summed E-state index contributed by atoms with van der Waals surface area (Å²) in [7, 11) is 0. The van der Waals surface area contributed by atoms with Crippen LogP contribution in [0, 0.1) is 11.8 Å². The Labute approximate surface area is 121 Å². The summed E-state index contributed by atoms with van der Waals surface area (Å²) < 4.78 is 11.8. The summed E-state index contributed by atoms with van der Waals surface area (Å²) in [4.78, 5) is 23.1. The summed E-state index contributed by atoms with van der Waals surface area (Å²) in [6, 6.07) is 0. The van der Waals surface area contributed by atoms with Crippen LogP contribution in [-0.4, -0.2) is 29.1 Å². The number of carbonyl (C=O) groups excluding carboxylic acids is 2. The Hall–Kier alpha value is -0.900. The van der Waals surface area contributed by atoms with Crippen LogP contribution in [0.25, 0.3) is 0 Å². The van der Waals surface area contributed by atoms with E-state index in [1.807, 2.05) is 20.8 Å². The van der Waals surface area contributed by atoms with E-state index in [1.54, 1.807) is 0 Å². The highest BCUT2D eigenvalue weighted by molar-refractivity contribution is 5.80. The third kappa shape index (κ3) is 2.62. The van der Waals surface area contributed by atoms with Crippen molar-refractivity contribution in [3.63, 3.8) is 0 Å². The van der Waals surface area contributed by atoms with Gasteiger partial charge in [-0.25, -0.2) is 0 Å². The van der Waals surface area contributed by atoms with E-state index in [9.17, 15) is 9.59 Å². The topological polar surface area (TPSA) is 52.6 Å². The molecule has 0 aromatic heterocycles. The molecule has 1 saturated carbocycles. The van der Waals surface area contributed by atoms with E-state index in [2.05, 4.69) is 6.92 Å². The molecule has 1 saturated heterocycles. The third-order valence-electron chi connectivity index (χ3n) is 4.97. The van der Waals surface area contributed by atoms with Gasteiger partial charge in [-0.3, -0.25) is 9.59 Å². The Balaban J connectivity index is 2.07. The molecule has 1 aliphatic heterocycles. The maximum atomic E-state index is 11.8. The molecule has 2 fully saturated rings. The van der Waals surface area contributed by atoms with Gasteiger partial charge in [-0.15, -0.1) is 0 Å². The molecule has 0 aromatic rings. The Morgan fingerprint density at radius 1 is 1.35 bits per heavy atom. The van der Waals surface area contributed by atoms with Crippen molar-refractivity contribution in [2.75, 3.05) is 0 Å². The molecule has 0 aromatic carbocycles. The second kappa shape index (κ2) is 5.14. The van der Waals surface area contributed by atoms with E-state index >= 15 is 0 Å². The monoisotopic (exact) mass is 282 g/mol. The summed E-state index contributed by atoms with van der Waals surface area (Å²) in [5, 5.41) is 0. The number of Topliss-reactive ketones (excluding diaryl/α,β-unsaturated/α-hetero) is 1. The molecule has 4 nitrogen and oxygen atoms in total.